The molecule has 3 aromatic rings. The Morgan fingerprint density at radius 3 is 2.96 bits per heavy atom. The van der Waals surface area contributed by atoms with Crippen molar-refractivity contribution < 1.29 is 9.90 Å². The SMILES string of the molecule is CCCc1cc(N2CCC[C@@]2(C)C(=O)O)nc(Nc2ccc3cc[nH]c3c2)n1. The molecule has 7 heteroatoms. The third kappa shape index (κ3) is 3.28. The molecule has 1 aliphatic heterocycles. The normalized spacial score (nSPS) is 19.3. The van der Waals surface area contributed by atoms with Gasteiger partial charge in [-0.1, -0.05) is 19.4 Å². The molecular weight excluding hydrogens is 354 g/mol. The number of H-pyrrole nitrogens is 1. The van der Waals surface area contributed by atoms with Crippen LogP contribution in [-0.4, -0.2) is 38.1 Å². The first-order chi connectivity index (χ1) is 13.5. The van der Waals surface area contributed by atoms with Crippen LogP contribution in [0.25, 0.3) is 10.9 Å². The molecule has 0 spiro atoms. The van der Waals surface area contributed by atoms with Crippen LogP contribution in [0.3, 0.4) is 0 Å². The van der Waals surface area contributed by atoms with E-state index in [1.54, 1.807) is 6.92 Å². The lowest BCUT2D eigenvalue weighted by molar-refractivity contribution is -0.142. The predicted octanol–water partition coefficient (Wildman–Crippen LogP) is 4.10. The Morgan fingerprint density at radius 1 is 1.32 bits per heavy atom. The number of fused-ring (bicyclic) bond motifs is 1. The van der Waals surface area contributed by atoms with E-state index in [2.05, 4.69) is 27.2 Å². The molecule has 1 aliphatic rings. The van der Waals surface area contributed by atoms with E-state index in [0.717, 1.165) is 41.5 Å². The van der Waals surface area contributed by atoms with Crippen molar-refractivity contribution in [1.82, 2.24) is 15.0 Å². The number of carboxylic acid groups (broad SMARTS) is 1. The van der Waals surface area contributed by atoms with Gasteiger partial charge in [0.25, 0.3) is 0 Å². The average Bonchev–Trinajstić information content (AvgIpc) is 3.28. The molecule has 1 fully saturated rings. The van der Waals surface area contributed by atoms with Crippen LogP contribution in [0.2, 0.25) is 0 Å². The molecule has 3 N–H and O–H groups in total. The number of nitrogens with one attached hydrogen (secondary N) is 2. The standard InChI is InChI=1S/C21H25N5O2/c1-3-5-15-13-18(26-11-4-9-21(26,2)19(27)28)25-20(23-15)24-16-7-6-14-8-10-22-17(14)12-16/h6-8,10,12-13,22H,3-5,9,11H2,1-2H3,(H,27,28)(H,23,24,25)/t21-/m0/s1. The summed E-state index contributed by atoms with van der Waals surface area (Å²) in [6.07, 6.45) is 5.13. The first-order valence-corrected chi connectivity index (χ1v) is 9.73. The number of aliphatic carboxylic acids is 1. The van der Waals surface area contributed by atoms with Crippen molar-refractivity contribution in [1.29, 1.82) is 0 Å². The average molecular weight is 379 g/mol. The highest BCUT2D eigenvalue weighted by atomic mass is 16.4. The van der Waals surface area contributed by atoms with E-state index in [0.29, 0.717) is 24.7 Å². The zero-order valence-electron chi connectivity index (χ0n) is 16.2. The summed E-state index contributed by atoms with van der Waals surface area (Å²) in [5, 5.41) is 14.2. The molecular formula is C21H25N5O2. The number of carboxylic acids is 1. The Balaban J connectivity index is 1.70. The molecule has 0 saturated carbocycles. The summed E-state index contributed by atoms with van der Waals surface area (Å²) < 4.78 is 0. The van der Waals surface area contributed by atoms with Gasteiger partial charge >= 0.3 is 5.97 Å². The highest BCUT2D eigenvalue weighted by Crippen LogP contribution is 2.34. The van der Waals surface area contributed by atoms with E-state index in [1.165, 1.54) is 0 Å². The Hall–Kier alpha value is -3.09. The largest absolute Gasteiger partial charge is 0.480 e. The smallest absolute Gasteiger partial charge is 0.329 e. The third-order valence-corrected chi connectivity index (χ3v) is 5.46. The summed E-state index contributed by atoms with van der Waals surface area (Å²) in [5.74, 6) is 0.350. The van der Waals surface area contributed by atoms with Crippen LogP contribution in [0, 0.1) is 0 Å². The lowest BCUT2D eigenvalue weighted by atomic mass is 9.99. The van der Waals surface area contributed by atoms with E-state index in [1.807, 2.05) is 41.4 Å². The van der Waals surface area contributed by atoms with Crippen molar-refractivity contribution in [3.05, 3.63) is 42.2 Å². The number of hydrogen-bond donors (Lipinski definition) is 3. The first kappa shape index (κ1) is 18.3. The lowest BCUT2D eigenvalue weighted by Gasteiger charge is -2.32. The molecule has 146 valence electrons. The van der Waals surface area contributed by atoms with Crippen LogP contribution in [0.1, 0.15) is 38.8 Å². The summed E-state index contributed by atoms with van der Waals surface area (Å²) in [5.41, 5.74) is 1.90. The van der Waals surface area contributed by atoms with Crippen LogP contribution in [0.5, 0.6) is 0 Å². The highest BCUT2D eigenvalue weighted by molar-refractivity contribution is 5.84. The maximum absolute atomic E-state index is 11.9. The van der Waals surface area contributed by atoms with E-state index in [4.69, 9.17) is 0 Å². The fraction of sp³-hybridized carbons (Fsp3) is 0.381. The van der Waals surface area contributed by atoms with Gasteiger partial charge in [0.2, 0.25) is 5.95 Å². The zero-order valence-corrected chi connectivity index (χ0v) is 16.2. The van der Waals surface area contributed by atoms with Crippen molar-refractivity contribution >= 4 is 34.3 Å². The topological polar surface area (TPSA) is 94.1 Å². The third-order valence-electron chi connectivity index (χ3n) is 5.46. The number of rotatable bonds is 6. The Labute approximate surface area is 163 Å². The van der Waals surface area contributed by atoms with Gasteiger partial charge in [-0.2, -0.15) is 4.98 Å². The minimum atomic E-state index is -0.932. The fourth-order valence-corrected chi connectivity index (χ4v) is 3.87. The van der Waals surface area contributed by atoms with E-state index in [9.17, 15) is 9.90 Å². The predicted molar refractivity (Wildman–Crippen MR) is 110 cm³/mol. The molecule has 0 radical (unpaired) electrons. The molecule has 0 bridgehead atoms. The van der Waals surface area contributed by atoms with Crippen LogP contribution in [-0.2, 0) is 11.2 Å². The summed E-state index contributed by atoms with van der Waals surface area (Å²) in [6, 6.07) is 9.99. The maximum Gasteiger partial charge on any atom is 0.329 e. The molecule has 0 amide bonds. The number of aromatic nitrogens is 3. The number of benzene rings is 1. The minimum absolute atomic E-state index is 0.492. The molecule has 3 heterocycles. The van der Waals surface area contributed by atoms with Crippen LogP contribution in [0.15, 0.2) is 36.5 Å². The molecule has 0 aliphatic carbocycles. The monoisotopic (exact) mass is 379 g/mol. The van der Waals surface area contributed by atoms with Gasteiger partial charge < -0.3 is 20.3 Å². The number of hydrogen-bond acceptors (Lipinski definition) is 5. The molecule has 4 rings (SSSR count). The van der Waals surface area contributed by atoms with Gasteiger partial charge in [0, 0.05) is 35.7 Å². The number of aryl methyl sites for hydroxylation is 1. The summed E-state index contributed by atoms with van der Waals surface area (Å²) in [4.78, 5) is 26.3. The van der Waals surface area contributed by atoms with E-state index >= 15 is 0 Å². The molecule has 1 atom stereocenters. The zero-order chi connectivity index (χ0) is 19.7. The molecule has 1 saturated heterocycles. The number of anilines is 3. The van der Waals surface area contributed by atoms with Gasteiger partial charge in [0.05, 0.1) is 0 Å². The van der Waals surface area contributed by atoms with Crippen LogP contribution < -0.4 is 10.2 Å². The second-order valence-electron chi connectivity index (χ2n) is 7.53. The number of nitrogens with zero attached hydrogens (tertiary/aromatic N) is 3. The minimum Gasteiger partial charge on any atom is -0.480 e. The molecule has 28 heavy (non-hydrogen) atoms. The Bertz CT molecular complexity index is 1010. The van der Waals surface area contributed by atoms with Crippen molar-refractivity contribution in [3.63, 3.8) is 0 Å². The maximum atomic E-state index is 11.9. The first-order valence-electron chi connectivity index (χ1n) is 9.73. The molecule has 1 aromatic carbocycles. The van der Waals surface area contributed by atoms with Crippen LogP contribution in [0.4, 0.5) is 17.5 Å². The number of aromatic amines is 1. The van der Waals surface area contributed by atoms with Crippen molar-refractivity contribution in [2.75, 3.05) is 16.8 Å². The Morgan fingerprint density at radius 2 is 2.18 bits per heavy atom. The van der Waals surface area contributed by atoms with E-state index < -0.39 is 11.5 Å². The van der Waals surface area contributed by atoms with Gasteiger partial charge in [0.1, 0.15) is 11.4 Å². The van der Waals surface area contributed by atoms with E-state index in [-0.39, 0.29) is 0 Å². The summed E-state index contributed by atoms with van der Waals surface area (Å²) in [6.45, 7) is 4.56. The molecule has 7 nitrogen and oxygen atoms in total. The summed E-state index contributed by atoms with van der Waals surface area (Å²) >= 11 is 0. The van der Waals surface area contributed by atoms with Gasteiger partial charge in [-0.3, -0.25) is 0 Å². The van der Waals surface area contributed by atoms with Gasteiger partial charge in [-0.05, 0) is 49.8 Å². The Kier molecular flexibility index (Phi) is 4.66. The van der Waals surface area contributed by atoms with Gasteiger partial charge in [0.15, 0.2) is 0 Å². The van der Waals surface area contributed by atoms with Crippen molar-refractivity contribution in [3.8, 4) is 0 Å². The molecule has 2 aromatic heterocycles. The van der Waals surface area contributed by atoms with Gasteiger partial charge in [-0.15, -0.1) is 0 Å². The van der Waals surface area contributed by atoms with Gasteiger partial charge in [-0.25, -0.2) is 9.78 Å². The lowest BCUT2D eigenvalue weighted by Crippen LogP contribution is -2.48. The van der Waals surface area contributed by atoms with Crippen molar-refractivity contribution in [2.45, 2.75) is 45.1 Å². The highest BCUT2D eigenvalue weighted by Gasteiger charge is 2.44. The quantitative estimate of drug-likeness (QED) is 0.597. The number of carbonyl (C=O) groups is 1. The summed E-state index contributed by atoms with van der Waals surface area (Å²) in [7, 11) is 0. The van der Waals surface area contributed by atoms with Crippen LogP contribution >= 0.6 is 0 Å². The second-order valence-corrected chi connectivity index (χ2v) is 7.53. The fourth-order valence-electron chi connectivity index (χ4n) is 3.87. The van der Waals surface area contributed by atoms with Crippen molar-refractivity contribution in [2.24, 2.45) is 0 Å². The molecule has 0 unspecified atom stereocenters. The second kappa shape index (κ2) is 7.14.